The molecule has 0 saturated heterocycles. The molecule has 0 aliphatic carbocycles. The number of hydrogen-bond acceptors (Lipinski definition) is 2. The first-order valence-electron chi connectivity index (χ1n) is 5.42. The highest BCUT2D eigenvalue weighted by molar-refractivity contribution is 7.09. The molecule has 0 amide bonds. The first-order chi connectivity index (χ1) is 8.24. The van der Waals surface area contributed by atoms with Crippen LogP contribution in [0.3, 0.4) is 0 Å². The summed E-state index contributed by atoms with van der Waals surface area (Å²) in [5, 5.41) is 5.79. The van der Waals surface area contributed by atoms with Gasteiger partial charge in [0.25, 0.3) is 0 Å². The van der Waals surface area contributed by atoms with Crippen LogP contribution in [0.2, 0.25) is 5.02 Å². The van der Waals surface area contributed by atoms with Crippen LogP contribution in [-0.2, 0) is 13.0 Å². The highest BCUT2D eigenvalue weighted by Crippen LogP contribution is 2.14. The molecule has 0 fully saturated rings. The van der Waals surface area contributed by atoms with Gasteiger partial charge in [0, 0.05) is 23.0 Å². The molecule has 1 heterocycles. The minimum absolute atomic E-state index is 0.285. The van der Waals surface area contributed by atoms with Gasteiger partial charge in [-0.05, 0) is 41.6 Å². The van der Waals surface area contributed by atoms with Gasteiger partial charge in [0.05, 0.1) is 0 Å². The third-order valence-electron chi connectivity index (χ3n) is 2.38. The summed E-state index contributed by atoms with van der Waals surface area (Å²) in [6.45, 7) is 1.53. The zero-order chi connectivity index (χ0) is 12.1. The van der Waals surface area contributed by atoms with Gasteiger partial charge in [-0.1, -0.05) is 17.7 Å². The first-order valence-corrected chi connectivity index (χ1v) is 6.68. The van der Waals surface area contributed by atoms with E-state index in [2.05, 4.69) is 16.8 Å². The summed E-state index contributed by atoms with van der Waals surface area (Å²) in [5.74, 6) is -0.285. The minimum atomic E-state index is -0.285. The van der Waals surface area contributed by atoms with E-state index in [-0.39, 0.29) is 5.82 Å². The summed E-state index contributed by atoms with van der Waals surface area (Å²) >= 11 is 7.53. The van der Waals surface area contributed by atoms with Gasteiger partial charge >= 0.3 is 0 Å². The fourth-order valence-corrected chi connectivity index (χ4v) is 2.57. The zero-order valence-electron chi connectivity index (χ0n) is 9.25. The van der Waals surface area contributed by atoms with E-state index in [1.54, 1.807) is 17.4 Å². The summed E-state index contributed by atoms with van der Waals surface area (Å²) in [7, 11) is 0. The van der Waals surface area contributed by atoms with E-state index in [4.69, 9.17) is 11.6 Å². The second-order valence-corrected chi connectivity index (χ2v) is 5.25. The van der Waals surface area contributed by atoms with Gasteiger partial charge < -0.3 is 5.32 Å². The van der Waals surface area contributed by atoms with Gasteiger partial charge in [0.2, 0.25) is 0 Å². The summed E-state index contributed by atoms with van der Waals surface area (Å²) in [5.41, 5.74) is 0.876. The average Bonchev–Trinajstić information content (AvgIpc) is 2.76. The lowest BCUT2D eigenvalue weighted by Crippen LogP contribution is -2.16. The van der Waals surface area contributed by atoms with Crippen molar-refractivity contribution < 1.29 is 4.39 Å². The van der Waals surface area contributed by atoms with Gasteiger partial charge in [-0.2, -0.15) is 0 Å². The maximum Gasteiger partial charge on any atom is 0.125 e. The van der Waals surface area contributed by atoms with Gasteiger partial charge in [-0.25, -0.2) is 4.39 Å². The second-order valence-electron chi connectivity index (χ2n) is 3.78. The molecule has 2 aromatic rings. The maximum atomic E-state index is 13.0. The molecule has 0 atom stereocenters. The fraction of sp³-hybridized carbons (Fsp3) is 0.231. The molecule has 17 heavy (non-hydrogen) atoms. The molecule has 1 nitrogen and oxygen atoms in total. The SMILES string of the molecule is Fc1cc(Cl)cc(CNCCc2cccs2)c1. The van der Waals surface area contributed by atoms with Crippen LogP contribution in [0.1, 0.15) is 10.4 Å². The Morgan fingerprint density at radius 3 is 2.88 bits per heavy atom. The molecule has 0 saturated carbocycles. The van der Waals surface area contributed by atoms with Crippen LogP contribution in [-0.4, -0.2) is 6.54 Å². The number of thiophene rings is 1. The molecule has 1 aromatic heterocycles. The Kier molecular flexibility index (Phi) is 4.54. The van der Waals surface area contributed by atoms with Crippen LogP contribution in [0.15, 0.2) is 35.7 Å². The van der Waals surface area contributed by atoms with Gasteiger partial charge in [-0.15, -0.1) is 11.3 Å². The van der Waals surface area contributed by atoms with Crippen molar-refractivity contribution >= 4 is 22.9 Å². The fourth-order valence-electron chi connectivity index (χ4n) is 1.61. The molecule has 0 bridgehead atoms. The molecule has 2 rings (SSSR count). The summed E-state index contributed by atoms with van der Waals surface area (Å²) < 4.78 is 13.0. The first kappa shape index (κ1) is 12.6. The molecule has 1 N–H and O–H groups in total. The maximum absolute atomic E-state index is 13.0. The zero-order valence-corrected chi connectivity index (χ0v) is 10.8. The van der Waals surface area contributed by atoms with Crippen LogP contribution in [0.5, 0.6) is 0 Å². The van der Waals surface area contributed by atoms with Crippen LogP contribution in [0, 0.1) is 5.82 Å². The lowest BCUT2D eigenvalue weighted by Gasteiger charge is -2.05. The number of benzene rings is 1. The predicted octanol–water partition coefficient (Wildman–Crippen LogP) is 3.87. The van der Waals surface area contributed by atoms with E-state index >= 15 is 0 Å². The molecule has 0 unspecified atom stereocenters. The Balaban J connectivity index is 1.78. The van der Waals surface area contributed by atoms with Gasteiger partial charge in [-0.3, -0.25) is 0 Å². The van der Waals surface area contributed by atoms with E-state index in [0.29, 0.717) is 11.6 Å². The topological polar surface area (TPSA) is 12.0 Å². The lowest BCUT2D eigenvalue weighted by atomic mass is 10.2. The Morgan fingerprint density at radius 1 is 1.29 bits per heavy atom. The molecular weight excluding hydrogens is 257 g/mol. The van der Waals surface area contributed by atoms with Crippen molar-refractivity contribution in [3.8, 4) is 0 Å². The van der Waals surface area contributed by atoms with Crippen LogP contribution in [0.4, 0.5) is 4.39 Å². The van der Waals surface area contributed by atoms with Crippen molar-refractivity contribution in [3.05, 3.63) is 57.0 Å². The standard InChI is InChI=1S/C13H13ClFNS/c14-11-6-10(7-12(15)8-11)9-16-4-3-13-2-1-5-17-13/h1-2,5-8,16H,3-4,9H2. The lowest BCUT2D eigenvalue weighted by molar-refractivity contribution is 0.620. The minimum Gasteiger partial charge on any atom is -0.312 e. The van der Waals surface area contributed by atoms with E-state index in [9.17, 15) is 4.39 Å². The molecule has 0 radical (unpaired) electrons. The third-order valence-corrected chi connectivity index (χ3v) is 3.53. The third kappa shape index (κ3) is 4.11. The Bertz CT molecular complexity index is 450. The molecule has 1 aromatic carbocycles. The largest absolute Gasteiger partial charge is 0.312 e. The molecular formula is C13H13ClFNS. The summed E-state index contributed by atoms with van der Waals surface area (Å²) in [6.07, 6.45) is 1.00. The van der Waals surface area contributed by atoms with Crippen LogP contribution in [0.25, 0.3) is 0 Å². The molecule has 90 valence electrons. The molecule has 0 spiro atoms. The molecule has 0 aliphatic heterocycles. The Hall–Kier alpha value is -0.900. The number of hydrogen-bond donors (Lipinski definition) is 1. The van der Waals surface area contributed by atoms with E-state index in [0.717, 1.165) is 18.5 Å². The molecule has 0 aliphatic rings. The summed E-state index contributed by atoms with van der Waals surface area (Å²) in [4.78, 5) is 1.36. The van der Waals surface area contributed by atoms with Crippen molar-refractivity contribution in [2.24, 2.45) is 0 Å². The van der Waals surface area contributed by atoms with Crippen molar-refractivity contribution in [3.63, 3.8) is 0 Å². The van der Waals surface area contributed by atoms with Gasteiger partial charge in [0.15, 0.2) is 0 Å². The monoisotopic (exact) mass is 269 g/mol. The number of nitrogens with one attached hydrogen (secondary N) is 1. The predicted molar refractivity (Wildman–Crippen MR) is 71.1 cm³/mol. The average molecular weight is 270 g/mol. The van der Waals surface area contributed by atoms with Crippen molar-refractivity contribution in [2.45, 2.75) is 13.0 Å². The van der Waals surface area contributed by atoms with E-state index in [1.165, 1.54) is 17.0 Å². The van der Waals surface area contributed by atoms with Crippen LogP contribution < -0.4 is 5.32 Å². The van der Waals surface area contributed by atoms with E-state index in [1.807, 2.05) is 6.07 Å². The second kappa shape index (κ2) is 6.15. The summed E-state index contributed by atoms with van der Waals surface area (Å²) in [6, 6.07) is 8.77. The molecule has 4 heteroatoms. The van der Waals surface area contributed by atoms with Gasteiger partial charge in [0.1, 0.15) is 5.82 Å². The highest BCUT2D eigenvalue weighted by Gasteiger charge is 1.99. The van der Waals surface area contributed by atoms with Crippen molar-refractivity contribution in [2.75, 3.05) is 6.54 Å². The van der Waals surface area contributed by atoms with E-state index < -0.39 is 0 Å². The van der Waals surface area contributed by atoms with Crippen molar-refractivity contribution in [1.29, 1.82) is 0 Å². The Labute approximate surface area is 109 Å². The quantitative estimate of drug-likeness (QED) is 0.813. The number of halogens is 2. The highest BCUT2D eigenvalue weighted by atomic mass is 35.5. The normalized spacial score (nSPS) is 10.7. The smallest absolute Gasteiger partial charge is 0.125 e. The van der Waals surface area contributed by atoms with Crippen molar-refractivity contribution in [1.82, 2.24) is 5.32 Å². The Morgan fingerprint density at radius 2 is 2.18 bits per heavy atom. The number of rotatable bonds is 5. The van der Waals surface area contributed by atoms with Crippen LogP contribution >= 0.6 is 22.9 Å².